The minimum Gasteiger partial charge on any atom is -0.380 e. The van der Waals surface area contributed by atoms with Crippen LogP contribution < -0.4 is 5.73 Å². The lowest BCUT2D eigenvalue weighted by Crippen LogP contribution is -2.34. The van der Waals surface area contributed by atoms with E-state index in [0.29, 0.717) is 13.0 Å². The molecule has 1 aromatic rings. The van der Waals surface area contributed by atoms with Crippen LogP contribution in [0.4, 0.5) is 0 Å². The molecule has 1 aromatic heterocycles. The van der Waals surface area contributed by atoms with Gasteiger partial charge < -0.3 is 15.4 Å². The molecule has 96 valence electrons. The van der Waals surface area contributed by atoms with Crippen LogP contribution in [0, 0.1) is 0 Å². The fourth-order valence-electron chi connectivity index (χ4n) is 1.47. The summed E-state index contributed by atoms with van der Waals surface area (Å²) in [4.78, 5) is 14.9. The number of nitrogens with two attached hydrogens (primary N) is 1. The Labute approximate surface area is 106 Å². The summed E-state index contributed by atoms with van der Waals surface area (Å²) >= 11 is 1.72. The standard InChI is InChI=1S/C12H20N2O2S/c1-14(6-5-11-4-3-7-17-11)12(15)8-10(9-13)16-2/h3-4,7,10H,5-6,8-9,13H2,1-2H3. The number of rotatable bonds is 7. The molecule has 1 unspecified atom stereocenters. The van der Waals surface area contributed by atoms with Gasteiger partial charge in [-0.15, -0.1) is 11.3 Å². The van der Waals surface area contributed by atoms with Crippen LogP contribution in [0.2, 0.25) is 0 Å². The van der Waals surface area contributed by atoms with E-state index < -0.39 is 0 Å². The number of thiophene rings is 1. The van der Waals surface area contributed by atoms with E-state index in [9.17, 15) is 4.79 Å². The number of carbonyl (C=O) groups excluding carboxylic acids is 1. The first-order valence-electron chi connectivity index (χ1n) is 5.66. The average Bonchev–Trinajstić information content (AvgIpc) is 2.85. The first kappa shape index (κ1) is 14.2. The summed E-state index contributed by atoms with van der Waals surface area (Å²) < 4.78 is 5.10. The zero-order valence-corrected chi connectivity index (χ0v) is 11.2. The maximum absolute atomic E-state index is 11.8. The average molecular weight is 256 g/mol. The Morgan fingerprint density at radius 2 is 2.41 bits per heavy atom. The van der Waals surface area contributed by atoms with Crippen molar-refractivity contribution in [2.75, 3.05) is 27.2 Å². The summed E-state index contributed by atoms with van der Waals surface area (Å²) in [7, 11) is 3.40. The summed E-state index contributed by atoms with van der Waals surface area (Å²) in [5.74, 6) is 0.0823. The normalized spacial score (nSPS) is 12.4. The Bertz CT molecular complexity index is 323. The molecular weight excluding hydrogens is 236 g/mol. The number of amides is 1. The molecule has 1 rings (SSSR count). The minimum atomic E-state index is -0.174. The van der Waals surface area contributed by atoms with Crippen molar-refractivity contribution in [3.63, 3.8) is 0 Å². The Balaban J connectivity index is 2.31. The topological polar surface area (TPSA) is 55.6 Å². The number of likely N-dealkylation sites (N-methyl/N-ethyl adjacent to an activating group) is 1. The predicted octanol–water partition coefficient (Wildman–Crippen LogP) is 1.11. The Morgan fingerprint density at radius 1 is 1.65 bits per heavy atom. The van der Waals surface area contributed by atoms with E-state index in [1.54, 1.807) is 23.3 Å². The van der Waals surface area contributed by atoms with E-state index in [1.807, 2.05) is 18.5 Å². The SMILES string of the molecule is COC(CN)CC(=O)N(C)CCc1cccs1. The van der Waals surface area contributed by atoms with Gasteiger partial charge in [0.25, 0.3) is 0 Å². The Kier molecular flexibility index (Phi) is 6.18. The fraction of sp³-hybridized carbons (Fsp3) is 0.583. The third kappa shape index (κ3) is 4.85. The second-order valence-corrected chi connectivity index (χ2v) is 4.97. The van der Waals surface area contributed by atoms with Crippen molar-refractivity contribution in [3.8, 4) is 0 Å². The van der Waals surface area contributed by atoms with Crippen molar-refractivity contribution in [2.24, 2.45) is 5.73 Å². The molecule has 5 heteroatoms. The molecule has 1 amide bonds. The summed E-state index contributed by atoms with van der Waals surface area (Å²) in [5.41, 5.74) is 5.49. The maximum atomic E-state index is 11.8. The van der Waals surface area contributed by atoms with Crippen molar-refractivity contribution < 1.29 is 9.53 Å². The second kappa shape index (κ2) is 7.42. The number of hydrogen-bond acceptors (Lipinski definition) is 4. The first-order valence-corrected chi connectivity index (χ1v) is 6.54. The number of nitrogens with zero attached hydrogens (tertiary/aromatic N) is 1. The summed E-state index contributed by atoms with van der Waals surface area (Å²) in [6.45, 7) is 1.11. The third-order valence-corrected chi connectivity index (χ3v) is 3.63. The van der Waals surface area contributed by atoms with Gasteiger partial charge in [0.05, 0.1) is 12.5 Å². The molecule has 0 aliphatic carbocycles. The van der Waals surface area contributed by atoms with Crippen LogP contribution in [-0.2, 0) is 16.0 Å². The van der Waals surface area contributed by atoms with Crippen LogP contribution in [-0.4, -0.2) is 44.2 Å². The molecule has 0 fully saturated rings. The van der Waals surface area contributed by atoms with Gasteiger partial charge in [-0.25, -0.2) is 0 Å². The van der Waals surface area contributed by atoms with E-state index >= 15 is 0 Å². The molecule has 1 heterocycles. The van der Waals surface area contributed by atoms with E-state index in [1.165, 1.54) is 4.88 Å². The molecule has 4 nitrogen and oxygen atoms in total. The molecule has 1 atom stereocenters. The summed E-state index contributed by atoms with van der Waals surface area (Å²) in [5, 5.41) is 2.05. The van der Waals surface area contributed by atoms with Gasteiger partial charge in [-0.2, -0.15) is 0 Å². The lowest BCUT2D eigenvalue weighted by molar-refractivity contribution is -0.132. The predicted molar refractivity (Wildman–Crippen MR) is 70.1 cm³/mol. The van der Waals surface area contributed by atoms with E-state index in [0.717, 1.165) is 13.0 Å². The Hall–Kier alpha value is -0.910. The van der Waals surface area contributed by atoms with Gasteiger partial charge in [0, 0.05) is 32.1 Å². The highest BCUT2D eigenvalue weighted by molar-refractivity contribution is 7.09. The highest BCUT2D eigenvalue weighted by atomic mass is 32.1. The van der Waals surface area contributed by atoms with Gasteiger partial charge in [0.1, 0.15) is 0 Å². The van der Waals surface area contributed by atoms with Gasteiger partial charge in [-0.1, -0.05) is 6.07 Å². The molecule has 0 radical (unpaired) electrons. The molecule has 0 saturated heterocycles. The summed E-state index contributed by atoms with van der Waals surface area (Å²) in [6, 6.07) is 4.11. The van der Waals surface area contributed by atoms with Crippen molar-refractivity contribution in [2.45, 2.75) is 18.9 Å². The minimum absolute atomic E-state index is 0.0823. The van der Waals surface area contributed by atoms with E-state index in [-0.39, 0.29) is 12.0 Å². The van der Waals surface area contributed by atoms with Crippen LogP contribution in [0.5, 0.6) is 0 Å². The second-order valence-electron chi connectivity index (χ2n) is 3.94. The zero-order valence-electron chi connectivity index (χ0n) is 10.4. The Morgan fingerprint density at radius 3 is 2.94 bits per heavy atom. The monoisotopic (exact) mass is 256 g/mol. The molecule has 0 aromatic carbocycles. The van der Waals surface area contributed by atoms with Gasteiger partial charge in [-0.05, 0) is 17.9 Å². The molecule has 2 N–H and O–H groups in total. The molecule has 17 heavy (non-hydrogen) atoms. The van der Waals surface area contributed by atoms with Crippen molar-refractivity contribution in [1.82, 2.24) is 4.90 Å². The lowest BCUT2D eigenvalue weighted by atomic mass is 10.2. The van der Waals surface area contributed by atoms with E-state index in [4.69, 9.17) is 10.5 Å². The van der Waals surface area contributed by atoms with E-state index in [2.05, 4.69) is 6.07 Å². The first-order chi connectivity index (χ1) is 8.17. The molecule has 0 spiro atoms. The molecule has 0 aliphatic heterocycles. The van der Waals surface area contributed by atoms with Gasteiger partial charge in [0.2, 0.25) is 5.91 Å². The summed E-state index contributed by atoms with van der Waals surface area (Å²) in [6.07, 6.45) is 1.08. The number of methoxy groups -OCH3 is 1. The van der Waals surface area contributed by atoms with Crippen LogP contribution in [0.25, 0.3) is 0 Å². The van der Waals surface area contributed by atoms with Crippen molar-refractivity contribution >= 4 is 17.2 Å². The van der Waals surface area contributed by atoms with Gasteiger partial charge in [-0.3, -0.25) is 4.79 Å². The number of carbonyl (C=O) groups is 1. The molecule has 0 saturated carbocycles. The van der Waals surface area contributed by atoms with Crippen LogP contribution in [0.1, 0.15) is 11.3 Å². The van der Waals surface area contributed by atoms with Gasteiger partial charge in [0.15, 0.2) is 0 Å². The van der Waals surface area contributed by atoms with Crippen LogP contribution >= 0.6 is 11.3 Å². The van der Waals surface area contributed by atoms with Crippen LogP contribution in [0.15, 0.2) is 17.5 Å². The number of hydrogen-bond donors (Lipinski definition) is 1. The van der Waals surface area contributed by atoms with Crippen molar-refractivity contribution in [1.29, 1.82) is 0 Å². The quantitative estimate of drug-likeness (QED) is 0.795. The van der Waals surface area contributed by atoms with Crippen molar-refractivity contribution in [3.05, 3.63) is 22.4 Å². The molecular formula is C12H20N2O2S. The zero-order chi connectivity index (χ0) is 12.7. The third-order valence-electron chi connectivity index (χ3n) is 2.70. The highest BCUT2D eigenvalue weighted by Gasteiger charge is 2.15. The lowest BCUT2D eigenvalue weighted by Gasteiger charge is -2.19. The largest absolute Gasteiger partial charge is 0.380 e. The smallest absolute Gasteiger partial charge is 0.224 e. The van der Waals surface area contributed by atoms with Gasteiger partial charge >= 0.3 is 0 Å². The maximum Gasteiger partial charge on any atom is 0.224 e. The molecule has 0 bridgehead atoms. The number of ether oxygens (including phenoxy) is 1. The highest BCUT2D eigenvalue weighted by Crippen LogP contribution is 2.10. The molecule has 0 aliphatic rings. The fourth-order valence-corrected chi connectivity index (χ4v) is 2.17. The van der Waals surface area contributed by atoms with Crippen LogP contribution in [0.3, 0.4) is 0 Å².